The minimum Gasteiger partial charge on any atom is -0.383 e. The van der Waals surface area contributed by atoms with E-state index in [1.54, 1.807) is 12.1 Å². The van der Waals surface area contributed by atoms with E-state index in [0.717, 1.165) is 0 Å². The Hall–Kier alpha value is -0.810. The maximum atomic E-state index is 10.3. The Labute approximate surface area is 119 Å². The van der Waals surface area contributed by atoms with E-state index in [4.69, 9.17) is 23.2 Å². The van der Waals surface area contributed by atoms with Gasteiger partial charge >= 0.3 is 0 Å². The van der Waals surface area contributed by atoms with Crippen LogP contribution < -0.4 is 0 Å². The van der Waals surface area contributed by atoms with E-state index >= 15 is 0 Å². The van der Waals surface area contributed by atoms with E-state index in [2.05, 4.69) is 9.97 Å². The molecule has 1 heterocycles. The zero-order chi connectivity index (χ0) is 13.1. The molecular weight excluding hydrogens is 291 g/mol. The van der Waals surface area contributed by atoms with Crippen molar-refractivity contribution in [2.75, 3.05) is 6.26 Å². The van der Waals surface area contributed by atoms with Crippen LogP contribution in [0.2, 0.25) is 10.3 Å². The fourth-order valence-corrected chi connectivity index (χ4v) is 2.58. The van der Waals surface area contributed by atoms with Gasteiger partial charge in [-0.3, -0.25) is 0 Å². The average molecular weight is 301 g/mol. The van der Waals surface area contributed by atoms with Gasteiger partial charge in [0.1, 0.15) is 16.4 Å². The summed E-state index contributed by atoms with van der Waals surface area (Å²) in [6, 6.07) is 9.11. The second-order valence-corrected chi connectivity index (χ2v) is 5.01. The number of hydrogen-bond donors (Lipinski definition) is 1. The third-order valence-electron chi connectivity index (χ3n) is 2.40. The van der Waals surface area contributed by atoms with Crippen LogP contribution in [0.1, 0.15) is 17.2 Å². The lowest BCUT2D eigenvalue weighted by Crippen LogP contribution is -2.05. The normalized spacial score (nSPS) is 12.4. The lowest BCUT2D eigenvalue weighted by atomic mass is 10.0. The maximum Gasteiger partial charge on any atom is 0.190 e. The standard InChI is InChI=1S/C12H10Cl2N2OS/c1-18-12-15-10(13)8(11(14)16-12)9(17)7-5-3-2-4-6-7/h2-6,9,17H,1H3. The molecule has 2 rings (SSSR count). The second-order valence-electron chi connectivity index (χ2n) is 3.52. The molecule has 1 atom stereocenters. The number of rotatable bonds is 3. The first kappa shape index (κ1) is 13.6. The van der Waals surface area contributed by atoms with Gasteiger partial charge in [-0.2, -0.15) is 0 Å². The summed E-state index contributed by atoms with van der Waals surface area (Å²) in [7, 11) is 0. The molecule has 0 fully saturated rings. The number of halogens is 2. The quantitative estimate of drug-likeness (QED) is 0.534. The molecule has 2 aromatic rings. The number of nitrogens with zero attached hydrogens (tertiary/aromatic N) is 2. The van der Waals surface area contributed by atoms with Crippen molar-refractivity contribution in [3.63, 3.8) is 0 Å². The van der Waals surface area contributed by atoms with Gasteiger partial charge in [-0.1, -0.05) is 65.3 Å². The molecule has 0 aliphatic carbocycles. The van der Waals surface area contributed by atoms with Crippen LogP contribution in [0.3, 0.4) is 0 Å². The van der Waals surface area contributed by atoms with Crippen molar-refractivity contribution < 1.29 is 5.11 Å². The fourth-order valence-electron chi connectivity index (χ4n) is 1.52. The Morgan fingerprint density at radius 1 is 1.11 bits per heavy atom. The average Bonchev–Trinajstić information content (AvgIpc) is 2.38. The van der Waals surface area contributed by atoms with Crippen LogP contribution in [0.25, 0.3) is 0 Å². The highest BCUT2D eigenvalue weighted by atomic mass is 35.5. The minimum absolute atomic E-state index is 0.177. The highest BCUT2D eigenvalue weighted by Gasteiger charge is 2.20. The number of aromatic nitrogens is 2. The van der Waals surface area contributed by atoms with Gasteiger partial charge in [-0.25, -0.2) is 9.97 Å². The molecule has 1 unspecified atom stereocenters. The monoisotopic (exact) mass is 300 g/mol. The summed E-state index contributed by atoms with van der Waals surface area (Å²) in [5.41, 5.74) is 1.03. The summed E-state index contributed by atoms with van der Waals surface area (Å²) in [5, 5.41) is 11.1. The highest BCUT2D eigenvalue weighted by Crippen LogP contribution is 2.33. The number of thioether (sulfide) groups is 1. The highest BCUT2D eigenvalue weighted by molar-refractivity contribution is 7.98. The molecule has 1 aromatic heterocycles. The molecule has 1 N–H and O–H groups in total. The van der Waals surface area contributed by atoms with Crippen LogP contribution in [0.5, 0.6) is 0 Å². The van der Waals surface area contributed by atoms with Crippen molar-refractivity contribution in [3.8, 4) is 0 Å². The van der Waals surface area contributed by atoms with E-state index in [9.17, 15) is 5.11 Å². The van der Waals surface area contributed by atoms with Gasteiger partial charge in [-0.15, -0.1) is 0 Å². The number of aliphatic hydroxyl groups excluding tert-OH is 1. The smallest absolute Gasteiger partial charge is 0.190 e. The first-order valence-corrected chi connectivity index (χ1v) is 7.11. The summed E-state index contributed by atoms with van der Waals surface area (Å²) in [6.07, 6.45) is 0.900. The Bertz CT molecular complexity index is 528. The molecular formula is C12H10Cl2N2OS. The van der Waals surface area contributed by atoms with Crippen molar-refractivity contribution >= 4 is 35.0 Å². The molecule has 94 valence electrons. The molecule has 0 aliphatic rings. The number of benzene rings is 1. The van der Waals surface area contributed by atoms with Gasteiger partial charge < -0.3 is 5.11 Å². The maximum absolute atomic E-state index is 10.3. The van der Waals surface area contributed by atoms with Crippen molar-refractivity contribution in [2.24, 2.45) is 0 Å². The van der Waals surface area contributed by atoms with Crippen LogP contribution in [0, 0.1) is 0 Å². The van der Waals surface area contributed by atoms with Gasteiger partial charge in [0.15, 0.2) is 5.16 Å². The minimum atomic E-state index is -0.929. The van der Waals surface area contributed by atoms with Crippen LogP contribution >= 0.6 is 35.0 Å². The predicted octanol–water partition coefficient (Wildman–Crippen LogP) is 3.59. The molecule has 0 saturated carbocycles. The number of hydrogen-bond acceptors (Lipinski definition) is 4. The van der Waals surface area contributed by atoms with Crippen LogP contribution in [0.15, 0.2) is 35.5 Å². The van der Waals surface area contributed by atoms with Gasteiger partial charge in [0.05, 0.1) is 5.56 Å². The lowest BCUT2D eigenvalue weighted by molar-refractivity contribution is 0.219. The molecule has 0 bridgehead atoms. The lowest BCUT2D eigenvalue weighted by Gasteiger charge is -2.14. The zero-order valence-electron chi connectivity index (χ0n) is 9.47. The molecule has 0 saturated heterocycles. The van der Waals surface area contributed by atoms with Crippen LogP contribution in [-0.4, -0.2) is 21.3 Å². The molecule has 0 aliphatic heterocycles. The van der Waals surface area contributed by atoms with Crippen molar-refractivity contribution in [1.82, 2.24) is 9.97 Å². The predicted molar refractivity (Wildman–Crippen MR) is 74.3 cm³/mol. The van der Waals surface area contributed by atoms with E-state index in [-0.39, 0.29) is 10.3 Å². The molecule has 3 nitrogen and oxygen atoms in total. The zero-order valence-corrected chi connectivity index (χ0v) is 11.8. The second kappa shape index (κ2) is 5.89. The SMILES string of the molecule is CSc1nc(Cl)c(C(O)c2ccccc2)c(Cl)n1. The Kier molecular flexibility index (Phi) is 4.45. The van der Waals surface area contributed by atoms with Gasteiger partial charge in [0.25, 0.3) is 0 Å². The van der Waals surface area contributed by atoms with Crippen molar-refractivity contribution in [1.29, 1.82) is 0 Å². The summed E-state index contributed by atoms with van der Waals surface area (Å²) in [4.78, 5) is 8.14. The summed E-state index contributed by atoms with van der Waals surface area (Å²) < 4.78 is 0. The van der Waals surface area contributed by atoms with Crippen molar-refractivity contribution in [3.05, 3.63) is 51.8 Å². The van der Waals surface area contributed by atoms with Crippen LogP contribution in [-0.2, 0) is 0 Å². The Morgan fingerprint density at radius 2 is 1.67 bits per heavy atom. The fraction of sp³-hybridized carbons (Fsp3) is 0.167. The first-order valence-electron chi connectivity index (χ1n) is 5.13. The Balaban J connectivity index is 2.45. The largest absolute Gasteiger partial charge is 0.383 e. The van der Waals surface area contributed by atoms with Gasteiger partial charge in [-0.05, 0) is 11.8 Å². The molecule has 0 spiro atoms. The summed E-state index contributed by atoms with van der Waals surface area (Å²) >= 11 is 13.4. The first-order chi connectivity index (χ1) is 8.63. The van der Waals surface area contributed by atoms with E-state index in [0.29, 0.717) is 16.3 Å². The van der Waals surface area contributed by atoms with Crippen molar-refractivity contribution in [2.45, 2.75) is 11.3 Å². The molecule has 1 aromatic carbocycles. The van der Waals surface area contributed by atoms with Gasteiger partial charge in [0.2, 0.25) is 0 Å². The Morgan fingerprint density at radius 3 is 2.17 bits per heavy atom. The van der Waals surface area contributed by atoms with E-state index in [1.165, 1.54) is 11.8 Å². The third kappa shape index (κ3) is 2.78. The van der Waals surface area contributed by atoms with E-state index < -0.39 is 6.10 Å². The third-order valence-corrected chi connectivity index (χ3v) is 3.53. The van der Waals surface area contributed by atoms with Gasteiger partial charge in [0, 0.05) is 0 Å². The molecule has 0 radical (unpaired) electrons. The topological polar surface area (TPSA) is 46.0 Å². The molecule has 6 heteroatoms. The molecule has 18 heavy (non-hydrogen) atoms. The summed E-state index contributed by atoms with van der Waals surface area (Å²) in [5.74, 6) is 0. The number of aliphatic hydroxyl groups is 1. The molecule has 0 amide bonds. The summed E-state index contributed by atoms with van der Waals surface area (Å²) in [6.45, 7) is 0. The van der Waals surface area contributed by atoms with E-state index in [1.807, 2.05) is 24.5 Å². The van der Waals surface area contributed by atoms with Crippen LogP contribution in [0.4, 0.5) is 0 Å².